The van der Waals surface area contributed by atoms with E-state index < -0.39 is 7.05 Å². The molecule has 9 nitrogen and oxygen atoms in total. The Bertz CT molecular complexity index is 1530. The van der Waals surface area contributed by atoms with E-state index in [4.69, 9.17) is 4.98 Å². The summed E-state index contributed by atoms with van der Waals surface area (Å²) < 4.78 is 3.82. The quantitative estimate of drug-likeness (QED) is 0.369. The minimum atomic E-state index is -0.409. The molecule has 0 amide bonds. The number of nitrogens with zero attached hydrogens (tertiary/aromatic N) is 8. The highest BCUT2D eigenvalue weighted by molar-refractivity contribution is 7.99. The number of benzene rings is 1. The van der Waals surface area contributed by atoms with Gasteiger partial charge in [0.2, 0.25) is 0 Å². The molecule has 0 bridgehead atoms. The van der Waals surface area contributed by atoms with Gasteiger partial charge in [-0.2, -0.15) is 5.10 Å². The number of pyridine rings is 2. The van der Waals surface area contributed by atoms with E-state index >= 15 is 0 Å². The second-order valence-electron chi connectivity index (χ2n) is 9.19. The fourth-order valence-corrected chi connectivity index (χ4v) is 5.55. The minimum absolute atomic E-state index is 0.409. The summed E-state index contributed by atoms with van der Waals surface area (Å²) in [6.45, 7) is 5.41. The van der Waals surface area contributed by atoms with Crippen LogP contribution in [0.25, 0.3) is 27.7 Å². The highest BCUT2D eigenvalue weighted by Gasteiger charge is 2.21. The molecule has 1 fully saturated rings. The Labute approximate surface area is 213 Å². The van der Waals surface area contributed by atoms with Crippen LogP contribution in [0.5, 0.6) is 0 Å². The van der Waals surface area contributed by atoms with Gasteiger partial charge in [-0.15, -0.1) is 10.2 Å². The van der Waals surface area contributed by atoms with Gasteiger partial charge < -0.3 is 14.7 Å². The average molecular weight is 498 g/mol. The van der Waals surface area contributed by atoms with Gasteiger partial charge in [0, 0.05) is 60.5 Å². The van der Waals surface area contributed by atoms with Crippen LogP contribution in [-0.2, 0) is 7.05 Å². The van der Waals surface area contributed by atoms with Crippen molar-refractivity contribution in [3.05, 3.63) is 61.2 Å². The van der Waals surface area contributed by atoms with Crippen LogP contribution in [-0.4, -0.2) is 72.4 Å². The largest absolute Gasteiger partial charge is 0.437 e. The number of hydrogen-bond donors (Lipinski definition) is 1. The summed E-state index contributed by atoms with van der Waals surface area (Å²) in [4.78, 5) is 10.3. The van der Waals surface area contributed by atoms with E-state index in [1.165, 1.54) is 0 Å². The monoisotopic (exact) mass is 498 g/mol. The summed E-state index contributed by atoms with van der Waals surface area (Å²) in [6, 6.07) is 12.6. The standard InChI is InChI=1S/C25H27BN8OS/c1-26(35)33-9-3-8-32(10-11-33)21-12-19-13-22(5-6-23(19)27-15-21)36-25-30-29-24-7-4-18(17-34(24)25)20-14-28-31(2)16-20/h4-7,12-17,35H,3,8-11H2,1-2H3. The average Bonchev–Trinajstić information content (AvgIpc) is 3.40. The lowest BCUT2D eigenvalue weighted by Crippen LogP contribution is -2.39. The molecule has 0 unspecified atom stereocenters. The molecule has 0 radical (unpaired) electrons. The van der Waals surface area contributed by atoms with Crippen molar-refractivity contribution in [1.29, 1.82) is 0 Å². The molecule has 6 rings (SSSR count). The summed E-state index contributed by atoms with van der Waals surface area (Å²) in [7, 11) is 1.51. The number of hydrogen-bond acceptors (Lipinski definition) is 8. The Morgan fingerprint density at radius 3 is 2.69 bits per heavy atom. The van der Waals surface area contributed by atoms with Crippen molar-refractivity contribution in [3.8, 4) is 11.1 Å². The van der Waals surface area contributed by atoms with E-state index in [-0.39, 0.29) is 0 Å². The maximum Gasteiger partial charge on any atom is 0.376 e. The van der Waals surface area contributed by atoms with Gasteiger partial charge in [-0.25, -0.2) is 0 Å². The fraction of sp³-hybridized carbons (Fsp3) is 0.280. The third kappa shape index (κ3) is 4.57. The van der Waals surface area contributed by atoms with Crippen LogP contribution in [0.3, 0.4) is 0 Å². The Morgan fingerprint density at radius 1 is 0.944 bits per heavy atom. The first kappa shape index (κ1) is 23.0. The molecule has 5 heterocycles. The third-order valence-electron chi connectivity index (χ3n) is 6.68. The first-order chi connectivity index (χ1) is 17.5. The molecule has 0 spiro atoms. The molecule has 0 aliphatic carbocycles. The summed E-state index contributed by atoms with van der Waals surface area (Å²) in [6.07, 6.45) is 8.89. The zero-order valence-electron chi connectivity index (χ0n) is 20.3. The number of aromatic nitrogens is 6. The second kappa shape index (κ2) is 9.57. The number of fused-ring (bicyclic) bond motifs is 2. The van der Waals surface area contributed by atoms with Gasteiger partial charge in [-0.3, -0.25) is 14.1 Å². The van der Waals surface area contributed by atoms with Crippen molar-refractivity contribution in [2.24, 2.45) is 7.05 Å². The van der Waals surface area contributed by atoms with Crippen LogP contribution in [0.1, 0.15) is 6.42 Å². The maximum atomic E-state index is 9.95. The highest BCUT2D eigenvalue weighted by Crippen LogP contribution is 2.31. The normalized spacial score (nSPS) is 15.0. The summed E-state index contributed by atoms with van der Waals surface area (Å²) in [5, 5.41) is 24.9. The predicted molar refractivity (Wildman–Crippen MR) is 143 cm³/mol. The molecule has 11 heteroatoms. The smallest absolute Gasteiger partial charge is 0.376 e. The SMILES string of the molecule is CB(O)N1CCCN(c2cnc3ccc(Sc4nnc5ccc(-c6cnn(C)c6)cn45)cc3c2)CC1. The number of anilines is 1. The molecule has 4 aromatic heterocycles. The van der Waals surface area contributed by atoms with Crippen LogP contribution in [0, 0.1) is 0 Å². The summed E-state index contributed by atoms with van der Waals surface area (Å²) >= 11 is 1.59. The van der Waals surface area contributed by atoms with E-state index in [1.807, 2.05) is 49.0 Å². The maximum absolute atomic E-state index is 9.95. The summed E-state index contributed by atoms with van der Waals surface area (Å²) in [5.74, 6) is 0. The van der Waals surface area contributed by atoms with Crippen molar-refractivity contribution in [3.63, 3.8) is 0 Å². The molecule has 182 valence electrons. The molecular formula is C25H27BN8OS. The molecular weight excluding hydrogens is 471 g/mol. The van der Waals surface area contributed by atoms with Crippen LogP contribution < -0.4 is 4.90 Å². The van der Waals surface area contributed by atoms with Crippen molar-refractivity contribution >= 4 is 41.0 Å². The second-order valence-corrected chi connectivity index (χ2v) is 10.2. The van der Waals surface area contributed by atoms with Gasteiger partial charge >= 0.3 is 7.05 Å². The minimum Gasteiger partial charge on any atom is -0.437 e. The predicted octanol–water partition coefficient (Wildman–Crippen LogP) is 3.45. The van der Waals surface area contributed by atoms with Gasteiger partial charge in [0.05, 0.1) is 23.6 Å². The first-order valence-electron chi connectivity index (χ1n) is 12.1. The molecule has 1 saturated heterocycles. The molecule has 1 aliphatic rings. The number of aryl methyl sites for hydroxylation is 1. The fourth-order valence-electron chi connectivity index (χ4n) is 4.69. The topological polar surface area (TPSA) is 87.6 Å². The zero-order valence-corrected chi connectivity index (χ0v) is 21.1. The van der Waals surface area contributed by atoms with Crippen molar-refractivity contribution < 1.29 is 5.02 Å². The molecule has 1 N–H and O–H groups in total. The van der Waals surface area contributed by atoms with Crippen LogP contribution in [0.4, 0.5) is 5.69 Å². The van der Waals surface area contributed by atoms with E-state index in [9.17, 15) is 5.02 Å². The van der Waals surface area contributed by atoms with E-state index in [0.717, 1.165) is 76.0 Å². The Kier molecular flexibility index (Phi) is 6.12. The van der Waals surface area contributed by atoms with Gasteiger partial charge in [0.1, 0.15) is 0 Å². The zero-order chi connectivity index (χ0) is 24.6. The number of rotatable bonds is 5. The lowest BCUT2D eigenvalue weighted by molar-refractivity contribution is 0.384. The van der Waals surface area contributed by atoms with Gasteiger partial charge in [0.15, 0.2) is 10.8 Å². The van der Waals surface area contributed by atoms with E-state index in [2.05, 4.69) is 55.5 Å². The highest BCUT2D eigenvalue weighted by atomic mass is 32.2. The van der Waals surface area contributed by atoms with E-state index in [1.54, 1.807) is 16.4 Å². The lowest BCUT2D eigenvalue weighted by Gasteiger charge is -2.24. The van der Waals surface area contributed by atoms with Gasteiger partial charge in [0.25, 0.3) is 0 Å². The Hall–Kier alpha value is -3.41. The third-order valence-corrected chi connectivity index (χ3v) is 7.63. The molecule has 1 aliphatic heterocycles. The lowest BCUT2D eigenvalue weighted by atomic mass is 9.85. The van der Waals surface area contributed by atoms with Crippen LogP contribution >= 0.6 is 11.8 Å². The van der Waals surface area contributed by atoms with Crippen LogP contribution in [0.15, 0.2) is 71.2 Å². The Balaban J connectivity index is 1.27. The van der Waals surface area contributed by atoms with Gasteiger partial charge in [-0.1, -0.05) is 0 Å². The van der Waals surface area contributed by atoms with Crippen molar-refractivity contribution in [2.75, 3.05) is 31.1 Å². The Morgan fingerprint density at radius 2 is 1.86 bits per heavy atom. The van der Waals surface area contributed by atoms with Crippen molar-refractivity contribution in [1.82, 2.24) is 34.2 Å². The molecule has 36 heavy (non-hydrogen) atoms. The molecule has 5 aromatic rings. The summed E-state index contributed by atoms with van der Waals surface area (Å²) in [5.41, 5.74) is 5.01. The first-order valence-corrected chi connectivity index (χ1v) is 12.9. The molecule has 0 saturated carbocycles. The van der Waals surface area contributed by atoms with Crippen LogP contribution in [0.2, 0.25) is 6.82 Å². The molecule has 1 aromatic carbocycles. The van der Waals surface area contributed by atoms with Gasteiger partial charge in [-0.05, 0) is 67.9 Å². The van der Waals surface area contributed by atoms with Crippen molar-refractivity contribution in [2.45, 2.75) is 23.3 Å². The molecule has 0 atom stereocenters. The van der Waals surface area contributed by atoms with E-state index in [0.29, 0.717) is 0 Å².